The van der Waals surface area contributed by atoms with Crippen molar-refractivity contribution in [3.8, 4) is 5.69 Å². The van der Waals surface area contributed by atoms with Gasteiger partial charge >= 0.3 is 0 Å². The molecule has 1 aromatic heterocycles. The first-order valence-corrected chi connectivity index (χ1v) is 11.8. The molecule has 1 atom stereocenters. The number of nitrogens with zero attached hydrogens (tertiary/aromatic N) is 5. The van der Waals surface area contributed by atoms with Crippen LogP contribution in [0.2, 0.25) is 5.02 Å². The van der Waals surface area contributed by atoms with Crippen molar-refractivity contribution in [3.63, 3.8) is 0 Å². The van der Waals surface area contributed by atoms with Crippen molar-refractivity contribution in [1.82, 2.24) is 19.7 Å². The lowest BCUT2D eigenvalue weighted by atomic mass is 10.2. The number of carbonyl (C=O) groups is 1. The van der Waals surface area contributed by atoms with E-state index < -0.39 is 5.25 Å². The van der Waals surface area contributed by atoms with Crippen molar-refractivity contribution in [2.45, 2.75) is 36.7 Å². The maximum Gasteiger partial charge on any atom is 0.235 e. The Morgan fingerprint density at radius 1 is 1.19 bits per heavy atom. The normalized spacial score (nSPS) is 14.6. The number of hydrogen-bond acceptors (Lipinski definition) is 5. The zero-order valence-electron chi connectivity index (χ0n) is 18.0. The fourth-order valence-corrected chi connectivity index (χ4v) is 5.00. The Bertz CT molecular complexity index is 1100. The Labute approximate surface area is 196 Å². The van der Waals surface area contributed by atoms with Crippen LogP contribution in [0.1, 0.15) is 25.3 Å². The molecule has 0 bridgehead atoms. The van der Waals surface area contributed by atoms with Gasteiger partial charge in [-0.25, -0.2) is 4.39 Å². The van der Waals surface area contributed by atoms with E-state index in [2.05, 4.69) is 15.1 Å². The van der Waals surface area contributed by atoms with Gasteiger partial charge in [0.2, 0.25) is 11.9 Å². The maximum atomic E-state index is 13.5. The van der Waals surface area contributed by atoms with Gasteiger partial charge < -0.3 is 9.80 Å². The van der Waals surface area contributed by atoms with Crippen LogP contribution in [0.3, 0.4) is 0 Å². The van der Waals surface area contributed by atoms with Crippen LogP contribution in [0.4, 0.5) is 10.3 Å². The van der Waals surface area contributed by atoms with Crippen molar-refractivity contribution >= 4 is 35.2 Å². The molecular weight excluding hydrogens is 449 g/mol. The number of benzene rings is 2. The van der Waals surface area contributed by atoms with E-state index in [-0.39, 0.29) is 11.7 Å². The summed E-state index contributed by atoms with van der Waals surface area (Å²) in [6, 6.07) is 13.9. The summed E-state index contributed by atoms with van der Waals surface area (Å²) in [7, 11) is 1.72. The first-order valence-electron chi connectivity index (χ1n) is 10.6. The molecule has 1 aliphatic heterocycles. The second-order valence-corrected chi connectivity index (χ2v) is 9.56. The molecule has 6 nitrogen and oxygen atoms in total. The number of thioether (sulfide) groups is 1. The number of aromatic nitrogens is 3. The quantitative estimate of drug-likeness (QED) is 0.461. The summed E-state index contributed by atoms with van der Waals surface area (Å²) >= 11 is 7.85. The minimum Gasteiger partial charge on any atom is -0.341 e. The average Bonchev–Trinajstić information content (AvgIpc) is 3.43. The topological polar surface area (TPSA) is 54.3 Å². The smallest absolute Gasteiger partial charge is 0.235 e. The Morgan fingerprint density at radius 3 is 2.66 bits per heavy atom. The van der Waals surface area contributed by atoms with Crippen LogP contribution in [-0.4, -0.2) is 51.0 Å². The van der Waals surface area contributed by atoms with Crippen LogP contribution < -0.4 is 4.90 Å². The highest BCUT2D eigenvalue weighted by molar-refractivity contribution is 8.00. The summed E-state index contributed by atoms with van der Waals surface area (Å²) < 4.78 is 15.4. The van der Waals surface area contributed by atoms with Gasteiger partial charge in [0, 0.05) is 26.7 Å². The summed E-state index contributed by atoms with van der Waals surface area (Å²) in [6.45, 7) is 4.00. The standard InChI is InChI=1S/C23H25ClFN5OS/c1-16(21(31)28(2)15-17-8-7-9-18(25)14-17)32-23-27-26-22(29-12-5-6-13-29)30(23)20-11-4-3-10-19(20)24/h3-4,7-11,14,16H,5-6,12-13,15H2,1-2H3. The second-order valence-electron chi connectivity index (χ2n) is 7.85. The van der Waals surface area contributed by atoms with E-state index in [9.17, 15) is 9.18 Å². The molecule has 1 aliphatic rings. The molecule has 4 rings (SSSR count). The summed E-state index contributed by atoms with van der Waals surface area (Å²) in [5.41, 5.74) is 1.53. The molecule has 168 valence electrons. The third-order valence-corrected chi connectivity index (χ3v) is 6.76. The summed E-state index contributed by atoms with van der Waals surface area (Å²) in [5.74, 6) is 0.356. The first-order chi connectivity index (χ1) is 15.4. The Hall–Kier alpha value is -2.58. The van der Waals surface area contributed by atoms with E-state index in [0.717, 1.165) is 43.1 Å². The van der Waals surface area contributed by atoms with E-state index in [1.54, 1.807) is 24.1 Å². The maximum absolute atomic E-state index is 13.5. The van der Waals surface area contributed by atoms with Gasteiger partial charge in [-0.3, -0.25) is 9.36 Å². The Morgan fingerprint density at radius 2 is 1.94 bits per heavy atom. The fraction of sp³-hybridized carbons (Fsp3) is 0.348. The zero-order valence-corrected chi connectivity index (χ0v) is 19.6. The molecule has 2 heterocycles. The van der Waals surface area contributed by atoms with E-state index >= 15 is 0 Å². The molecule has 1 fully saturated rings. The summed E-state index contributed by atoms with van der Waals surface area (Å²) in [5, 5.41) is 9.65. The first kappa shape index (κ1) is 22.6. The van der Waals surface area contributed by atoms with Crippen LogP contribution in [0.5, 0.6) is 0 Å². The average molecular weight is 474 g/mol. The third kappa shape index (κ3) is 4.91. The highest BCUT2D eigenvalue weighted by Gasteiger charge is 2.27. The SMILES string of the molecule is CC(Sc1nnc(N2CCCC2)n1-c1ccccc1Cl)C(=O)N(C)Cc1cccc(F)c1. The number of hydrogen-bond donors (Lipinski definition) is 0. The molecule has 1 saturated heterocycles. The predicted molar refractivity (Wildman–Crippen MR) is 126 cm³/mol. The number of rotatable bonds is 7. The molecule has 0 radical (unpaired) electrons. The number of amides is 1. The lowest BCUT2D eigenvalue weighted by Crippen LogP contribution is -2.33. The Balaban J connectivity index is 1.56. The van der Waals surface area contributed by atoms with Crippen molar-refractivity contribution < 1.29 is 9.18 Å². The highest BCUT2D eigenvalue weighted by atomic mass is 35.5. The van der Waals surface area contributed by atoms with Gasteiger partial charge in [0.1, 0.15) is 5.82 Å². The molecule has 0 aliphatic carbocycles. The van der Waals surface area contributed by atoms with Crippen molar-refractivity contribution in [2.24, 2.45) is 0 Å². The van der Waals surface area contributed by atoms with Crippen LogP contribution in [0.25, 0.3) is 5.69 Å². The van der Waals surface area contributed by atoms with Gasteiger partial charge in [0.05, 0.1) is 16.0 Å². The summed E-state index contributed by atoms with van der Waals surface area (Å²) in [6.07, 6.45) is 2.22. The van der Waals surface area contributed by atoms with E-state index in [4.69, 9.17) is 11.6 Å². The molecule has 1 unspecified atom stereocenters. The molecule has 32 heavy (non-hydrogen) atoms. The molecule has 0 spiro atoms. The van der Waals surface area contributed by atoms with Crippen molar-refractivity contribution in [2.75, 3.05) is 25.0 Å². The lowest BCUT2D eigenvalue weighted by Gasteiger charge is -2.22. The van der Waals surface area contributed by atoms with E-state index in [1.165, 1.54) is 23.9 Å². The van der Waals surface area contributed by atoms with Gasteiger partial charge in [-0.05, 0) is 49.6 Å². The molecule has 0 N–H and O–H groups in total. The van der Waals surface area contributed by atoms with Gasteiger partial charge in [-0.15, -0.1) is 10.2 Å². The minimum atomic E-state index is -0.412. The monoisotopic (exact) mass is 473 g/mol. The molecule has 0 saturated carbocycles. The largest absolute Gasteiger partial charge is 0.341 e. The zero-order chi connectivity index (χ0) is 22.7. The molecule has 2 aromatic carbocycles. The third-order valence-electron chi connectivity index (χ3n) is 5.41. The Kier molecular flexibility index (Phi) is 7.01. The lowest BCUT2D eigenvalue weighted by molar-refractivity contribution is -0.129. The van der Waals surface area contributed by atoms with E-state index in [1.807, 2.05) is 35.8 Å². The highest BCUT2D eigenvalue weighted by Crippen LogP contribution is 2.33. The predicted octanol–water partition coefficient (Wildman–Crippen LogP) is 4.80. The number of carbonyl (C=O) groups excluding carboxylic acids is 1. The molecule has 3 aromatic rings. The van der Waals surface area contributed by atoms with E-state index in [0.29, 0.717) is 16.7 Å². The minimum absolute atomic E-state index is 0.0734. The molecule has 9 heteroatoms. The number of anilines is 1. The molecule has 1 amide bonds. The van der Waals surface area contributed by atoms with Crippen LogP contribution >= 0.6 is 23.4 Å². The van der Waals surface area contributed by atoms with Crippen LogP contribution in [0, 0.1) is 5.82 Å². The fourth-order valence-electron chi connectivity index (χ4n) is 3.81. The second kappa shape index (κ2) is 9.92. The number of halogens is 2. The van der Waals surface area contributed by atoms with Gasteiger partial charge in [-0.1, -0.05) is 47.6 Å². The van der Waals surface area contributed by atoms with Gasteiger partial charge in [0.25, 0.3) is 0 Å². The van der Waals surface area contributed by atoms with Crippen LogP contribution in [-0.2, 0) is 11.3 Å². The van der Waals surface area contributed by atoms with Crippen molar-refractivity contribution in [1.29, 1.82) is 0 Å². The molecular formula is C23H25ClFN5OS. The number of para-hydroxylation sites is 1. The van der Waals surface area contributed by atoms with Gasteiger partial charge in [-0.2, -0.15) is 0 Å². The van der Waals surface area contributed by atoms with Crippen molar-refractivity contribution in [3.05, 3.63) is 64.9 Å². The van der Waals surface area contributed by atoms with Gasteiger partial charge in [0.15, 0.2) is 5.16 Å². The van der Waals surface area contributed by atoms with Crippen LogP contribution in [0.15, 0.2) is 53.7 Å². The summed E-state index contributed by atoms with van der Waals surface area (Å²) in [4.78, 5) is 16.8.